The van der Waals surface area contributed by atoms with Crippen LogP contribution in [0, 0.1) is 0 Å². The Labute approximate surface area is 129 Å². The molecule has 1 fully saturated rings. The lowest BCUT2D eigenvalue weighted by Gasteiger charge is -2.25. The topological polar surface area (TPSA) is 23.4 Å². The van der Waals surface area contributed by atoms with E-state index >= 15 is 0 Å². The zero-order valence-corrected chi connectivity index (χ0v) is 15.4. The maximum absolute atomic E-state index is 6.48. The predicted molar refractivity (Wildman–Crippen MR) is 88.8 cm³/mol. The van der Waals surface area contributed by atoms with Crippen molar-refractivity contribution in [3.8, 4) is 5.88 Å². The van der Waals surface area contributed by atoms with Crippen molar-refractivity contribution < 1.29 is 9.16 Å². The molecule has 0 radical (unpaired) electrons. The van der Waals surface area contributed by atoms with E-state index in [2.05, 4.69) is 38.2 Å². The number of hydrogen-bond acceptors (Lipinski definition) is 2. The van der Waals surface area contributed by atoms with Crippen molar-refractivity contribution in [2.24, 2.45) is 7.05 Å². The summed E-state index contributed by atoms with van der Waals surface area (Å²) in [4.78, 5) is 0. The van der Waals surface area contributed by atoms with Gasteiger partial charge in [0.25, 0.3) is 0 Å². The molecule has 118 valence electrons. The van der Waals surface area contributed by atoms with E-state index in [1.807, 2.05) is 0 Å². The Hall–Kier alpha value is -0.743. The number of ether oxygens (including phenoxy) is 1. The summed E-state index contributed by atoms with van der Waals surface area (Å²) in [6.07, 6.45) is 6.14. The Morgan fingerprint density at radius 2 is 1.76 bits per heavy atom. The third-order valence-electron chi connectivity index (χ3n) is 4.95. The Bertz CT molecular complexity index is 558. The maximum Gasteiger partial charge on any atom is 0.196 e. The average molecular weight is 308 g/mol. The first-order chi connectivity index (χ1) is 9.77. The summed E-state index contributed by atoms with van der Waals surface area (Å²) in [7, 11) is 2.47. The number of fused-ring (bicyclic) bond motifs is 1. The average Bonchev–Trinajstić information content (AvgIpc) is 2.91. The van der Waals surface area contributed by atoms with Gasteiger partial charge in [-0.1, -0.05) is 0 Å². The summed E-state index contributed by atoms with van der Waals surface area (Å²) in [5.41, 5.74) is 4.56. The molecule has 0 saturated heterocycles. The van der Waals surface area contributed by atoms with Crippen LogP contribution in [0.1, 0.15) is 48.9 Å². The third kappa shape index (κ3) is 2.57. The van der Waals surface area contributed by atoms with Crippen molar-refractivity contribution in [3.05, 3.63) is 16.8 Å². The van der Waals surface area contributed by atoms with Crippen molar-refractivity contribution >= 4 is 8.32 Å². The minimum absolute atomic E-state index is 0.0484. The van der Waals surface area contributed by atoms with Gasteiger partial charge in [-0.3, -0.25) is 0 Å². The first-order valence-corrected chi connectivity index (χ1v) is 11.6. The van der Waals surface area contributed by atoms with Gasteiger partial charge in [0.1, 0.15) is 0 Å². The van der Waals surface area contributed by atoms with Gasteiger partial charge in [-0.2, -0.15) is 0 Å². The molecule has 2 aliphatic rings. The van der Waals surface area contributed by atoms with Gasteiger partial charge in [0.2, 0.25) is 0 Å². The Morgan fingerprint density at radius 3 is 2.33 bits per heavy atom. The Morgan fingerprint density at radius 1 is 1.14 bits per heavy atom. The van der Waals surface area contributed by atoms with Gasteiger partial charge in [0.05, 0.1) is 12.7 Å². The Balaban J connectivity index is 1.96. The van der Waals surface area contributed by atoms with Crippen LogP contribution in [0.25, 0.3) is 0 Å². The lowest BCUT2D eigenvalue weighted by molar-refractivity contribution is 0.183. The van der Waals surface area contributed by atoms with E-state index in [1.165, 1.54) is 36.9 Å². The summed E-state index contributed by atoms with van der Waals surface area (Å²) in [5.74, 6) is 1.63. The molecule has 21 heavy (non-hydrogen) atoms. The lowest BCUT2D eigenvalue weighted by Crippen LogP contribution is -2.32. The fourth-order valence-corrected chi connectivity index (χ4v) is 5.81. The molecule has 0 unspecified atom stereocenters. The largest absolute Gasteiger partial charge is 0.482 e. The smallest absolute Gasteiger partial charge is 0.196 e. The standard InChI is InChI=1S/C17H29NO2Si/c1-17(20-21(4,5)6)11-14(17)15-12-9-7-8-10-13(12)16(19-3)18(15)2/h14H,7-11H2,1-6H3/t14-,17-/m0/s1. The SMILES string of the molecule is COc1c2c(c([C@@H]3C[C@]3(C)O[Si](C)(C)C)n1C)CCCC2. The highest BCUT2D eigenvalue weighted by atomic mass is 28.4. The van der Waals surface area contributed by atoms with Crippen molar-refractivity contribution in [2.75, 3.05) is 7.11 Å². The van der Waals surface area contributed by atoms with Crippen molar-refractivity contribution in [2.45, 2.75) is 70.2 Å². The molecule has 4 heteroatoms. The maximum atomic E-state index is 6.48. The summed E-state index contributed by atoms with van der Waals surface area (Å²) in [6, 6.07) is 0. The molecular weight excluding hydrogens is 278 g/mol. The van der Waals surface area contributed by atoms with Crippen LogP contribution in [0.2, 0.25) is 19.6 Å². The van der Waals surface area contributed by atoms with Crippen LogP contribution >= 0.6 is 0 Å². The highest BCUT2D eigenvalue weighted by Crippen LogP contribution is 2.57. The summed E-state index contributed by atoms with van der Waals surface area (Å²) in [6.45, 7) is 9.16. The van der Waals surface area contributed by atoms with Crippen molar-refractivity contribution in [1.29, 1.82) is 0 Å². The zero-order valence-electron chi connectivity index (χ0n) is 14.4. The number of nitrogens with zero attached hydrogens (tertiary/aromatic N) is 1. The first kappa shape index (κ1) is 15.2. The fourth-order valence-electron chi connectivity index (χ4n) is 4.19. The van der Waals surface area contributed by atoms with Crippen LogP contribution in [0.3, 0.4) is 0 Å². The van der Waals surface area contributed by atoms with Crippen molar-refractivity contribution in [1.82, 2.24) is 4.57 Å². The molecule has 0 aromatic carbocycles. The molecule has 3 rings (SSSR count). The summed E-state index contributed by atoms with van der Waals surface area (Å²) >= 11 is 0. The van der Waals surface area contributed by atoms with Crippen LogP contribution < -0.4 is 4.74 Å². The molecule has 0 bridgehead atoms. The highest BCUT2D eigenvalue weighted by molar-refractivity contribution is 6.69. The van der Waals surface area contributed by atoms with Crippen LogP contribution in [-0.2, 0) is 24.3 Å². The van der Waals surface area contributed by atoms with Gasteiger partial charge in [0.15, 0.2) is 14.2 Å². The lowest BCUT2D eigenvalue weighted by atomic mass is 9.92. The van der Waals surface area contributed by atoms with E-state index in [0.29, 0.717) is 5.92 Å². The van der Waals surface area contributed by atoms with Gasteiger partial charge in [-0.05, 0) is 64.2 Å². The molecular formula is C17H29NO2Si. The molecule has 1 saturated carbocycles. The predicted octanol–water partition coefficient (Wildman–Crippen LogP) is 4.01. The molecule has 0 N–H and O–H groups in total. The molecule has 0 spiro atoms. The molecule has 2 aliphatic carbocycles. The number of hydrogen-bond donors (Lipinski definition) is 0. The van der Waals surface area contributed by atoms with E-state index in [1.54, 1.807) is 12.7 Å². The quantitative estimate of drug-likeness (QED) is 0.785. The second kappa shape index (κ2) is 4.88. The van der Waals surface area contributed by atoms with Crippen LogP contribution in [0.15, 0.2) is 0 Å². The van der Waals surface area contributed by atoms with Gasteiger partial charge in [-0.15, -0.1) is 0 Å². The van der Waals surface area contributed by atoms with E-state index in [9.17, 15) is 0 Å². The molecule has 1 aromatic rings. The molecule has 1 aromatic heterocycles. The minimum atomic E-state index is -1.50. The van der Waals surface area contributed by atoms with Gasteiger partial charge in [0, 0.05) is 24.2 Å². The monoisotopic (exact) mass is 307 g/mol. The van der Waals surface area contributed by atoms with Crippen LogP contribution in [0.5, 0.6) is 5.88 Å². The van der Waals surface area contributed by atoms with Crippen LogP contribution in [0.4, 0.5) is 0 Å². The van der Waals surface area contributed by atoms with E-state index in [0.717, 1.165) is 12.3 Å². The molecule has 1 heterocycles. The summed E-state index contributed by atoms with van der Waals surface area (Å²) < 4.78 is 14.5. The molecule has 3 nitrogen and oxygen atoms in total. The molecule has 2 atom stereocenters. The Kier molecular flexibility index (Phi) is 3.53. The zero-order chi connectivity index (χ0) is 15.4. The normalized spacial score (nSPS) is 28.4. The van der Waals surface area contributed by atoms with Crippen LogP contribution in [-0.4, -0.2) is 25.6 Å². The minimum Gasteiger partial charge on any atom is -0.482 e. The first-order valence-electron chi connectivity index (χ1n) is 8.21. The second-order valence-corrected chi connectivity index (χ2v) is 12.3. The van der Waals surface area contributed by atoms with Gasteiger partial charge in [-0.25, -0.2) is 0 Å². The van der Waals surface area contributed by atoms with Crippen molar-refractivity contribution in [3.63, 3.8) is 0 Å². The van der Waals surface area contributed by atoms with E-state index < -0.39 is 8.32 Å². The number of methoxy groups -OCH3 is 1. The number of rotatable bonds is 4. The molecule has 0 amide bonds. The molecule has 0 aliphatic heterocycles. The fraction of sp³-hybridized carbons (Fsp3) is 0.765. The van der Waals surface area contributed by atoms with Gasteiger partial charge >= 0.3 is 0 Å². The van der Waals surface area contributed by atoms with E-state index in [-0.39, 0.29) is 5.60 Å². The second-order valence-electron chi connectivity index (χ2n) is 7.90. The third-order valence-corrected chi connectivity index (χ3v) is 6.03. The van der Waals surface area contributed by atoms with Gasteiger partial charge < -0.3 is 13.7 Å². The summed E-state index contributed by atoms with van der Waals surface area (Å²) in [5, 5.41) is 0. The number of aromatic nitrogens is 1. The highest BCUT2D eigenvalue weighted by Gasteiger charge is 2.56. The van der Waals surface area contributed by atoms with E-state index in [4.69, 9.17) is 9.16 Å².